The van der Waals surface area contributed by atoms with Crippen LogP contribution in [0.5, 0.6) is 5.88 Å². The molecule has 7 nitrogen and oxygen atoms in total. The molecule has 1 heterocycles. The van der Waals surface area contributed by atoms with E-state index in [9.17, 15) is 4.39 Å². The summed E-state index contributed by atoms with van der Waals surface area (Å²) in [7, 11) is 0. The van der Waals surface area contributed by atoms with E-state index in [2.05, 4.69) is 15.2 Å². The van der Waals surface area contributed by atoms with Crippen LogP contribution in [0.15, 0.2) is 101 Å². The first-order valence-corrected chi connectivity index (χ1v) is 10.1. The molecule has 0 saturated carbocycles. The van der Waals surface area contributed by atoms with Crippen LogP contribution < -0.4 is 16.3 Å². The van der Waals surface area contributed by atoms with Crippen LogP contribution in [0.2, 0.25) is 0 Å². The number of nitrogens with zero attached hydrogens (tertiary/aromatic N) is 3. The SMILES string of the molecule is N=NC(=NN)C(Oc1nc(-c2ccccc2)cc(-c2ccc(F)cc2)c1N)c1ccccc1. The Kier molecular flexibility index (Phi) is 6.36. The van der Waals surface area contributed by atoms with E-state index in [1.54, 1.807) is 24.3 Å². The van der Waals surface area contributed by atoms with Crippen molar-refractivity contribution in [2.24, 2.45) is 16.1 Å². The lowest BCUT2D eigenvalue weighted by Gasteiger charge is -2.20. The molecule has 0 aliphatic carbocycles. The van der Waals surface area contributed by atoms with Gasteiger partial charge in [0.05, 0.1) is 5.69 Å². The number of aromatic nitrogens is 1. The lowest BCUT2D eigenvalue weighted by molar-refractivity contribution is 0.262. The third kappa shape index (κ3) is 4.69. The van der Waals surface area contributed by atoms with E-state index in [1.165, 1.54) is 12.1 Å². The van der Waals surface area contributed by atoms with Crippen molar-refractivity contribution in [2.75, 3.05) is 5.73 Å². The van der Waals surface area contributed by atoms with Crippen LogP contribution in [0.25, 0.3) is 22.4 Å². The van der Waals surface area contributed by atoms with Crippen LogP contribution in [-0.2, 0) is 0 Å². The second-order valence-corrected chi connectivity index (χ2v) is 7.15. The number of ether oxygens (including phenoxy) is 1. The lowest BCUT2D eigenvalue weighted by Crippen LogP contribution is -2.20. The minimum Gasteiger partial charge on any atom is -0.459 e. The second-order valence-electron chi connectivity index (χ2n) is 7.15. The Hall–Kier alpha value is -4.59. The van der Waals surface area contributed by atoms with Gasteiger partial charge in [0, 0.05) is 16.7 Å². The summed E-state index contributed by atoms with van der Waals surface area (Å²) < 4.78 is 19.7. The van der Waals surface area contributed by atoms with Gasteiger partial charge in [-0.1, -0.05) is 72.8 Å². The molecule has 0 amide bonds. The molecule has 4 aromatic rings. The van der Waals surface area contributed by atoms with E-state index in [-0.39, 0.29) is 23.2 Å². The van der Waals surface area contributed by atoms with Crippen LogP contribution >= 0.6 is 0 Å². The van der Waals surface area contributed by atoms with Crippen LogP contribution in [0.3, 0.4) is 0 Å². The van der Waals surface area contributed by atoms with Crippen molar-refractivity contribution in [3.63, 3.8) is 0 Å². The van der Waals surface area contributed by atoms with Crippen molar-refractivity contribution in [3.8, 4) is 28.3 Å². The molecule has 0 aliphatic rings. The Bertz CT molecular complexity index is 1280. The van der Waals surface area contributed by atoms with Crippen LogP contribution in [0, 0.1) is 11.3 Å². The standard InChI is InChI=1S/C25H21FN6O/c26-19-13-11-16(12-14-19)20-15-21(17-7-3-1-4-8-17)30-25(22(20)27)33-23(24(31-28)32-29)18-9-5-2-6-10-18/h1-15,23,28H,27,29H2. The first-order valence-electron chi connectivity index (χ1n) is 10.1. The first kappa shape index (κ1) is 21.6. The van der Waals surface area contributed by atoms with Gasteiger partial charge in [0.2, 0.25) is 11.7 Å². The number of pyridine rings is 1. The molecule has 0 aliphatic heterocycles. The molecule has 1 aromatic heterocycles. The number of nitrogens with one attached hydrogen (secondary N) is 1. The number of anilines is 1. The highest BCUT2D eigenvalue weighted by atomic mass is 19.1. The third-order valence-electron chi connectivity index (χ3n) is 5.06. The lowest BCUT2D eigenvalue weighted by atomic mass is 10.0. The molecule has 5 N–H and O–H groups in total. The van der Waals surface area contributed by atoms with Gasteiger partial charge < -0.3 is 16.3 Å². The highest BCUT2D eigenvalue weighted by Gasteiger charge is 2.24. The molecule has 0 spiro atoms. The first-order chi connectivity index (χ1) is 16.1. The summed E-state index contributed by atoms with van der Waals surface area (Å²) in [5, 5.41) is 7.03. The predicted octanol–water partition coefficient (Wildman–Crippen LogP) is 5.56. The second kappa shape index (κ2) is 9.69. The largest absolute Gasteiger partial charge is 0.459 e. The van der Waals surface area contributed by atoms with E-state index >= 15 is 0 Å². The summed E-state index contributed by atoms with van der Waals surface area (Å²) in [6.07, 6.45) is -0.907. The molecular weight excluding hydrogens is 419 g/mol. The minimum absolute atomic E-state index is 0.0455. The molecule has 0 bridgehead atoms. The van der Waals surface area contributed by atoms with Crippen molar-refractivity contribution in [2.45, 2.75) is 6.10 Å². The molecule has 1 unspecified atom stereocenters. The average Bonchev–Trinajstić information content (AvgIpc) is 2.87. The third-order valence-corrected chi connectivity index (χ3v) is 5.06. The Labute approximate surface area is 190 Å². The molecule has 0 saturated heterocycles. The summed E-state index contributed by atoms with van der Waals surface area (Å²) in [6, 6.07) is 26.5. The molecule has 3 aromatic carbocycles. The van der Waals surface area contributed by atoms with Crippen molar-refractivity contribution in [1.82, 2.24) is 4.98 Å². The number of nitrogen functional groups attached to an aromatic ring is 1. The number of hydrazone groups is 1. The predicted molar refractivity (Wildman–Crippen MR) is 126 cm³/mol. The van der Waals surface area contributed by atoms with Gasteiger partial charge in [0.25, 0.3) is 0 Å². The summed E-state index contributed by atoms with van der Waals surface area (Å²) >= 11 is 0. The van der Waals surface area contributed by atoms with Crippen molar-refractivity contribution in [1.29, 1.82) is 5.53 Å². The topological polar surface area (TPSA) is 123 Å². The fraction of sp³-hybridized carbons (Fsp3) is 0.0400. The van der Waals surface area contributed by atoms with E-state index in [0.717, 1.165) is 5.56 Å². The molecular formula is C25H21FN6O. The van der Waals surface area contributed by atoms with Gasteiger partial charge in [-0.3, -0.25) is 0 Å². The Morgan fingerprint density at radius 1 is 0.909 bits per heavy atom. The average molecular weight is 440 g/mol. The molecule has 4 rings (SSSR count). The van der Waals surface area contributed by atoms with Crippen molar-refractivity contribution >= 4 is 11.5 Å². The number of halogens is 1. The van der Waals surface area contributed by atoms with Gasteiger partial charge >= 0.3 is 0 Å². The smallest absolute Gasteiger partial charge is 0.239 e. The van der Waals surface area contributed by atoms with Crippen LogP contribution in [0.4, 0.5) is 10.1 Å². The number of rotatable bonds is 6. The zero-order valence-electron chi connectivity index (χ0n) is 17.5. The Morgan fingerprint density at radius 2 is 1.55 bits per heavy atom. The van der Waals surface area contributed by atoms with Crippen LogP contribution in [-0.4, -0.2) is 10.8 Å². The van der Waals surface area contributed by atoms with Gasteiger partial charge in [-0.2, -0.15) is 5.10 Å². The molecule has 0 fully saturated rings. The number of amidine groups is 1. The molecule has 33 heavy (non-hydrogen) atoms. The molecule has 1 atom stereocenters. The summed E-state index contributed by atoms with van der Waals surface area (Å²) in [5.41, 5.74) is 17.7. The highest BCUT2D eigenvalue weighted by molar-refractivity contribution is 5.89. The molecule has 164 valence electrons. The van der Waals surface area contributed by atoms with Crippen LogP contribution in [0.1, 0.15) is 11.7 Å². The Balaban J connectivity index is 1.88. The van der Waals surface area contributed by atoms with Gasteiger partial charge in [0.1, 0.15) is 11.5 Å². The van der Waals surface area contributed by atoms with Crippen molar-refractivity contribution < 1.29 is 9.13 Å². The maximum absolute atomic E-state index is 13.5. The Morgan fingerprint density at radius 3 is 2.15 bits per heavy atom. The quantitative estimate of drug-likeness (QED) is 0.119. The van der Waals surface area contributed by atoms with E-state index in [0.29, 0.717) is 22.4 Å². The van der Waals surface area contributed by atoms with Gasteiger partial charge in [0.15, 0.2) is 6.10 Å². The van der Waals surface area contributed by atoms with Gasteiger partial charge in [-0.15, -0.1) is 5.11 Å². The summed E-state index contributed by atoms with van der Waals surface area (Å²) in [5.74, 6) is 5.20. The van der Waals surface area contributed by atoms with Gasteiger partial charge in [-0.05, 0) is 23.8 Å². The highest BCUT2D eigenvalue weighted by Crippen LogP contribution is 2.38. The van der Waals surface area contributed by atoms with Gasteiger partial charge in [-0.25, -0.2) is 14.9 Å². The van der Waals surface area contributed by atoms with Crippen molar-refractivity contribution in [3.05, 3.63) is 102 Å². The monoisotopic (exact) mass is 440 g/mol. The number of hydrogen-bond acceptors (Lipinski definition) is 6. The summed E-state index contributed by atoms with van der Waals surface area (Å²) in [4.78, 5) is 4.64. The molecule has 0 radical (unpaired) electrons. The fourth-order valence-corrected chi connectivity index (χ4v) is 3.41. The van der Waals surface area contributed by atoms with E-state index in [1.807, 2.05) is 54.6 Å². The minimum atomic E-state index is -0.907. The normalized spacial score (nSPS) is 12.2. The van der Waals surface area contributed by atoms with E-state index < -0.39 is 6.10 Å². The zero-order valence-corrected chi connectivity index (χ0v) is 17.5. The number of nitrogens with two attached hydrogens (primary N) is 2. The molecule has 8 heteroatoms. The fourth-order valence-electron chi connectivity index (χ4n) is 3.41. The zero-order chi connectivity index (χ0) is 23.2. The number of benzene rings is 3. The van der Waals surface area contributed by atoms with E-state index in [4.69, 9.17) is 21.8 Å². The maximum atomic E-state index is 13.5. The maximum Gasteiger partial charge on any atom is 0.239 e. The number of hydrogen-bond donors (Lipinski definition) is 3. The summed E-state index contributed by atoms with van der Waals surface area (Å²) in [6.45, 7) is 0.